The molecule has 36 heavy (non-hydrogen) atoms. The van der Waals surface area contributed by atoms with Crippen LogP contribution < -0.4 is 16.2 Å². The van der Waals surface area contributed by atoms with E-state index in [2.05, 4.69) is 50.0 Å². The fourth-order valence-corrected chi connectivity index (χ4v) is 4.82. The van der Waals surface area contributed by atoms with Gasteiger partial charge in [-0.3, -0.25) is 14.5 Å². The molecule has 8 nitrogen and oxygen atoms in total. The fourth-order valence-electron chi connectivity index (χ4n) is 4.82. The highest BCUT2D eigenvalue weighted by Crippen LogP contribution is 2.30. The maximum absolute atomic E-state index is 12.7. The minimum atomic E-state index is -0.175. The first kappa shape index (κ1) is 22.2. The SMILES string of the molecule is O=c1[nH]ccc2cc(-c3cnn(Cc4ccccn4)c3)nc(Nc3ccc(C4CCNCC4)cc3)c12. The summed E-state index contributed by atoms with van der Waals surface area (Å²) in [6, 6.07) is 18.1. The van der Waals surface area contributed by atoms with Crippen LogP contribution in [0.4, 0.5) is 11.5 Å². The number of pyridine rings is 3. The molecular formula is C28H27N7O. The third-order valence-electron chi connectivity index (χ3n) is 6.72. The molecule has 1 fully saturated rings. The summed E-state index contributed by atoms with van der Waals surface area (Å²) in [6.07, 6.45) is 9.50. The molecule has 8 heteroatoms. The molecule has 0 atom stereocenters. The Kier molecular flexibility index (Phi) is 6.01. The van der Waals surface area contributed by atoms with Crippen LogP contribution in [0.5, 0.6) is 0 Å². The van der Waals surface area contributed by atoms with Gasteiger partial charge < -0.3 is 15.6 Å². The molecule has 1 aliphatic rings. The van der Waals surface area contributed by atoms with Gasteiger partial charge in [-0.1, -0.05) is 18.2 Å². The third kappa shape index (κ3) is 4.63. The Labute approximate surface area is 208 Å². The number of aromatic amines is 1. The number of rotatable bonds is 6. The van der Waals surface area contributed by atoms with Crippen molar-refractivity contribution >= 4 is 22.3 Å². The molecule has 1 saturated heterocycles. The van der Waals surface area contributed by atoms with E-state index in [1.54, 1.807) is 18.6 Å². The van der Waals surface area contributed by atoms with Gasteiger partial charge in [-0.25, -0.2) is 4.98 Å². The van der Waals surface area contributed by atoms with Gasteiger partial charge in [-0.2, -0.15) is 5.10 Å². The van der Waals surface area contributed by atoms with E-state index in [1.807, 2.05) is 41.2 Å². The van der Waals surface area contributed by atoms with Crippen LogP contribution in [-0.4, -0.2) is 37.8 Å². The standard InChI is InChI=1S/C28H27N7O/c36-28-26-21(10-14-31-28)15-25(22-16-32-35(17-22)18-24-3-1-2-11-30-24)34-27(26)33-23-6-4-19(5-7-23)20-8-12-29-13-9-20/h1-7,10-11,14-17,20,29H,8-9,12-13,18H2,(H,31,36)(H,33,34). The van der Waals surface area contributed by atoms with Crippen molar-refractivity contribution in [1.82, 2.24) is 30.0 Å². The highest BCUT2D eigenvalue weighted by molar-refractivity contribution is 5.95. The van der Waals surface area contributed by atoms with Crippen molar-refractivity contribution in [3.63, 3.8) is 0 Å². The first-order valence-electron chi connectivity index (χ1n) is 12.3. The van der Waals surface area contributed by atoms with Crippen LogP contribution in [0.25, 0.3) is 22.0 Å². The lowest BCUT2D eigenvalue weighted by Crippen LogP contribution is -2.26. The number of H-pyrrole nitrogens is 1. The molecule has 4 aromatic heterocycles. The number of nitrogens with one attached hydrogen (secondary N) is 3. The molecule has 3 N–H and O–H groups in total. The van der Waals surface area contributed by atoms with E-state index >= 15 is 0 Å². The number of nitrogens with zero attached hydrogens (tertiary/aromatic N) is 4. The number of aromatic nitrogens is 5. The Morgan fingerprint density at radius 2 is 1.92 bits per heavy atom. The van der Waals surface area contributed by atoms with Gasteiger partial charge in [0.2, 0.25) is 0 Å². The monoisotopic (exact) mass is 477 g/mol. The molecule has 1 aliphatic heterocycles. The summed E-state index contributed by atoms with van der Waals surface area (Å²) in [4.78, 5) is 24.7. The molecule has 0 spiro atoms. The average molecular weight is 478 g/mol. The van der Waals surface area contributed by atoms with Crippen LogP contribution in [0.1, 0.15) is 30.0 Å². The summed E-state index contributed by atoms with van der Waals surface area (Å²) < 4.78 is 1.84. The van der Waals surface area contributed by atoms with E-state index in [0.29, 0.717) is 23.7 Å². The lowest BCUT2D eigenvalue weighted by Gasteiger charge is -2.23. The van der Waals surface area contributed by atoms with Gasteiger partial charge in [0, 0.05) is 29.8 Å². The van der Waals surface area contributed by atoms with Gasteiger partial charge >= 0.3 is 0 Å². The quantitative estimate of drug-likeness (QED) is 0.334. The van der Waals surface area contributed by atoms with Crippen LogP contribution in [0, 0.1) is 0 Å². The van der Waals surface area contributed by atoms with Crippen molar-refractivity contribution < 1.29 is 0 Å². The largest absolute Gasteiger partial charge is 0.340 e. The molecule has 5 heterocycles. The third-order valence-corrected chi connectivity index (χ3v) is 6.72. The van der Waals surface area contributed by atoms with Gasteiger partial charge in [-0.15, -0.1) is 0 Å². The summed E-state index contributed by atoms with van der Waals surface area (Å²) in [6.45, 7) is 2.70. The predicted molar refractivity (Wildman–Crippen MR) is 141 cm³/mol. The number of benzene rings is 1. The van der Waals surface area contributed by atoms with Crippen LogP contribution in [0.15, 0.2) is 84.2 Å². The maximum atomic E-state index is 12.7. The number of hydrogen-bond acceptors (Lipinski definition) is 6. The van der Waals surface area contributed by atoms with Crippen LogP contribution >= 0.6 is 0 Å². The van der Waals surface area contributed by atoms with Crippen LogP contribution in [0.2, 0.25) is 0 Å². The molecule has 0 unspecified atom stereocenters. The number of fused-ring (bicyclic) bond motifs is 1. The Morgan fingerprint density at radius 1 is 1.06 bits per heavy atom. The number of hydrogen-bond donors (Lipinski definition) is 3. The highest BCUT2D eigenvalue weighted by Gasteiger charge is 2.16. The van der Waals surface area contributed by atoms with E-state index in [4.69, 9.17) is 4.98 Å². The minimum Gasteiger partial charge on any atom is -0.340 e. The molecule has 180 valence electrons. The summed E-state index contributed by atoms with van der Waals surface area (Å²) >= 11 is 0. The summed E-state index contributed by atoms with van der Waals surface area (Å²) in [5, 5.41) is 12.7. The first-order chi connectivity index (χ1) is 17.7. The van der Waals surface area contributed by atoms with Crippen molar-refractivity contribution in [2.45, 2.75) is 25.3 Å². The Morgan fingerprint density at radius 3 is 2.72 bits per heavy atom. The zero-order chi connectivity index (χ0) is 24.3. The second-order valence-corrected chi connectivity index (χ2v) is 9.15. The first-order valence-corrected chi connectivity index (χ1v) is 12.3. The van der Waals surface area contributed by atoms with Gasteiger partial charge in [-0.05, 0) is 79.2 Å². The van der Waals surface area contributed by atoms with Gasteiger partial charge in [0.05, 0.1) is 29.5 Å². The summed E-state index contributed by atoms with van der Waals surface area (Å²) in [5.74, 6) is 1.12. The lowest BCUT2D eigenvalue weighted by atomic mass is 9.90. The van der Waals surface area contributed by atoms with E-state index in [-0.39, 0.29) is 5.56 Å². The Hall–Kier alpha value is -4.30. The zero-order valence-electron chi connectivity index (χ0n) is 19.8. The maximum Gasteiger partial charge on any atom is 0.259 e. The molecule has 5 aromatic rings. The normalized spacial score (nSPS) is 14.2. The topological polar surface area (TPSA) is 101 Å². The second kappa shape index (κ2) is 9.75. The van der Waals surface area contributed by atoms with Gasteiger partial charge in [0.1, 0.15) is 5.82 Å². The number of anilines is 2. The molecule has 0 aliphatic carbocycles. The Bertz CT molecular complexity index is 1530. The second-order valence-electron chi connectivity index (χ2n) is 9.15. The zero-order valence-corrected chi connectivity index (χ0v) is 19.8. The average Bonchev–Trinajstić information content (AvgIpc) is 3.39. The van der Waals surface area contributed by atoms with Crippen LogP contribution in [0.3, 0.4) is 0 Å². The highest BCUT2D eigenvalue weighted by atomic mass is 16.1. The van der Waals surface area contributed by atoms with Crippen LogP contribution in [-0.2, 0) is 6.54 Å². The number of piperidine rings is 1. The Balaban J connectivity index is 1.32. The molecular weight excluding hydrogens is 450 g/mol. The predicted octanol–water partition coefficient (Wildman–Crippen LogP) is 4.44. The van der Waals surface area contributed by atoms with Crippen molar-refractivity contribution in [1.29, 1.82) is 0 Å². The summed E-state index contributed by atoms with van der Waals surface area (Å²) in [5.41, 5.74) is 4.62. The van der Waals surface area contributed by atoms with Gasteiger partial charge in [0.15, 0.2) is 0 Å². The smallest absolute Gasteiger partial charge is 0.259 e. The van der Waals surface area contributed by atoms with Crippen molar-refractivity contribution in [3.05, 3.63) is 101 Å². The van der Waals surface area contributed by atoms with E-state index in [9.17, 15) is 4.79 Å². The van der Waals surface area contributed by atoms with E-state index < -0.39 is 0 Å². The lowest BCUT2D eigenvalue weighted by molar-refractivity contribution is 0.460. The molecule has 0 radical (unpaired) electrons. The van der Waals surface area contributed by atoms with Gasteiger partial charge in [0.25, 0.3) is 5.56 Å². The molecule has 6 rings (SSSR count). The van der Waals surface area contributed by atoms with Crippen molar-refractivity contribution in [2.24, 2.45) is 0 Å². The molecule has 1 aromatic carbocycles. The van der Waals surface area contributed by atoms with Crippen molar-refractivity contribution in [2.75, 3.05) is 18.4 Å². The summed E-state index contributed by atoms with van der Waals surface area (Å²) in [7, 11) is 0. The molecule has 0 bridgehead atoms. The van der Waals surface area contributed by atoms with E-state index in [1.165, 1.54) is 5.56 Å². The fraction of sp³-hybridized carbons (Fsp3) is 0.214. The van der Waals surface area contributed by atoms with E-state index in [0.717, 1.165) is 54.0 Å². The minimum absolute atomic E-state index is 0.175. The van der Waals surface area contributed by atoms with Crippen molar-refractivity contribution in [3.8, 4) is 11.3 Å². The molecule has 0 saturated carbocycles. The molecule has 0 amide bonds.